The number of carboxylic acids is 1. The molecule has 3 aromatic carbocycles. The molecule has 0 aliphatic carbocycles. The van der Waals surface area contributed by atoms with Crippen LogP contribution in [0.2, 0.25) is 0 Å². The Morgan fingerprint density at radius 2 is 1.31 bits per heavy atom. The van der Waals surface area contributed by atoms with Crippen LogP contribution in [-0.2, 0) is 36.5 Å². The fourth-order valence-corrected chi connectivity index (χ4v) is 4.84. The quantitative estimate of drug-likeness (QED) is 0.171. The minimum absolute atomic E-state index is 0.0440. The Kier molecular flexibility index (Phi) is 9.56. The van der Waals surface area contributed by atoms with Crippen molar-refractivity contribution in [1.29, 1.82) is 0 Å². The molecule has 240 valence electrons. The number of thiazole rings is 1. The van der Waals surface area contributed by atoms with Crippen molar-refractivity contribution in [3.8, 4) is 27.8 Å². The molecule has 45 heavy (non-hydrogen) atoms. The second kappa shape index (κ2) is 12.9. The highest BCUT2D eigenvalue weighted by atomic mass is 32.1. The maximum atomic E-state index is 13.3. The van der Waals surface area contributed by atoms with Crippen molar-refractivity contribution >= 4 is 17.3 Å². The zero-order valence-electron chi connectivity index (χ0n) is 22.7. The van der Waals surface area contributed by atoms with E-state index in [1.54, 1.807) is 6.92 Å². The van der Waals surface area contributed by atoms with E-state index in [9.17, 15) is 44.3 Å². The molecule has 1 aromatic heterocycles. The van der Waals surface area contributed by atoms with Crippen molar-refractivity contribution in [3.63, 3.8) is 0 Å². The Labute approximate surface area is 252 Å². The van der Waals surface area contributed by atoms with Crippen molar-refractivity contribution in [2.75, 3.05) is 6.61 Å². The normalized spacial score (nSPS) is 12.2. The van der Waals surface area contributed by atoms with Gasteiger partial charge in [-0.3, -0.25) is 0 Å². The van der Waals surface area contributed by atoms with Crippen LogP contribution in [0.4, 0.5) is 39.5 Å². The van der Waals surface area contributed by atoms with E-state index in [0.29, 0.717) is 28.3 Å². The summed E-state index contributed by atoms with van der Waals surface area (Å²) in [5, 5.41) is 8.98. The SMILES string of the molecule is Cc1cc(OCc2sc(-c3ccc(C(F)(F)F)cc3)nc2COc2cc(C(F)(F)F)cc(C(F)(F)F)c2)ccc1OCC(=O)O. The van der Waals surface area contributed by atoms with Crippen molar-refractivity contribution in [1.82, 2.24) is 4.98 Å². The highest BCUT2D eigenvalue weighted by Crippen LogP contribution is 2.39. The Hall–Kier alpha value is -4.47. The Morgan fingerprint density at radius 3 is 1.84 bits per heavy atom. The van der Waals surface area contributed by atoms with E-state index in [4.69, 9.17) is 19.3 Å². The van der Waals surface area contributed by atoms with Crippen LogP contribution in [0.25, 0.3) is 10.6 Å². The molecule has 0 amide bonds. The number of rotatable bonds is 10. The van der Waals surface area contributed by atoms with E-state index in [1.807, 2.05) is 0 Å². The van der Waals surface area contributed by atoms with Crippen molar-refractivity contribution in [3.05, 3.63) is 93.5 Å². The number of aryl methyl sites for hydroxylation is 1. The fraction of sp³-hybridized carbons (Fsp3) is 0.241. The number of aromatic nitrogens is 1. The summed E-state index contributed by atoms with van der Waals surface area (Å²) in [7, 11) is 0. The number of aliphatic carboxylic acids is 1. The minimum Gasteiger partial charge on any atom is -0.488 e. The van der Waals surface area contributed by atoms with Gasteiger partial charge < -0.3 is 19.3 Å². The summed E-state index contributed by atoms with van der Waals surface area (Å²) >= 11 is 0.967. The molecule has 0 saturated carbocycles. The third-order valence-corrected chi connectivity index (χ3v) is 7.16. The van der Waals surface area contributed by atoms with Crippen LogP contribution >= 0.6 is 11.3 Å². The molecule has 4 rings (SSSR count). The van der Waals surface area contributed by atoms with Crippen molar-refractivity contribution < 1.29 is 63.6 Å². The Morgan fingerprint density at radius 1 is 0.733 bits per heavy atom. The average molecular weight is 666 g/mol. The van der Waals surface area contributed by atoms with Gasteiger partial charge >= 0.3 is 24.5 Å². The van der Waals surface area contributed by atoms with Gasteiger partial charge in [-0.1, -0.05) is 12.1 Å². The molecule has 1 N–H and O–H groups in total. The van der Waals surface area contributed by atoms with Gasteiger partial charge in [0.15, 0.2) is 6.61 Å². The summed E-state index contributed by atoms with van der Waals surface area (Å²) < 4.78 is 135. The molecule has 0 atom stereocenters. The average Bonchev–Trinajstić information content (AvgIpc) is 3.36. The molecule has 4 aromatic rings. The number of hydrogen-bond acceptors (Lipinski definition) is 6. The number of nitrogens with zero attached hydrogens (tertiary/aromatic N) is 1. The molecule has 0 spiro atoms. The number of ether oxygens (including phenoxy) is 3. The van der Waals surface area contributed by atoms with E-state index in [0.717, 1.165) is 23.5 Å². The van der Waals surface area contributed by atoms with Crippen LogP contribution in [0.5, 0.6) is 17.2 Å². The third kappa shape index (κ3) is 8.80. The lowest BCUT2D eigenvalue weighted by Crippen LogP contribution is -2.11. The Balaban J connectivity index is 1.63. The smallest absolute Gasteiger partial charge is 0.416 e. The van der Waals surface area contributed by atoms with E-state index >= 15 is 0 Å². The van der Waals surface area contributed by atoms with Gasteiger partial charge in [-0.2, -0.15) is 39.5 Å². The lowest BCUT2D eigenvalue weighted by molar-refractivity contribution is -0.143. The van der Waals surface area contributed by atoms with Gasteiger partial charge in [0.05, 0.1) is 27.3 Å². The standard InChI is InChI=1S/C29H20F9NO5S/c1-15-8-20(6-7-23(15)44-14-25(40)41)43-13-24-22(39-26(45-24)16-2-4-17(5-3-16)27(30,31)32)12-42-21-10-18(28(33,34)35)9-19(11-21)29(36,37)38/h2-11H,12-14H2,1H3,(H,40,41). The first kappa shape index (κ1) is 33.4. The lowest BCUT2D eigenvalue weighted by atomic mass is 10.1. The van der Waals surface area contributed by atoms with Gasteiger partial charge in [-0.05, 0) is 61.0 Å². The minimum atomic E-state index is -5.10. The van der Waals surface area contributed by atoms with Gasteiger partial charge in [-0.25, -0.2) is 9.78 Å². The van der Waals surface area contributed by atoms with Gasteiger partial charge in [0.2, 0.25) is 0 Å². The number of alkyl halides is 9. The second-order valence-electron chi connectivity index (χ2n) is 9.39. The summed E-state index contributed by atoms with van der Waals surface area (Å²) in [6.07, 6.45) is -14.8. The first-order valence-corrected chi connectivity index (χ1v) is 13.4. The topological polar surface area (TPSA) is 77.9 Å². The first-order chi connectivity index (χ1) is 20.9. The lowest BCUT2D eigenvalue weighted by Gasteiger charge is -2.15. The van der Waals surface area contributed by atoms with Gasteiger partial charge in [0.1, 0.15) is 35.5 Å². The van der Waals surface area contributed by atoms with Crippen LogP contribution in [0, 0.1) is 6.92 Å². The van der Waals surface area contributed by atoms with E-state index < -0.39 is 60.2 Å². The molecular weight excluding hydrogens is 645 g/mol. The molecule has 0 saturated heterocycles. The van der Waals surface area contributed by atoms with Crippen molar-refractivity contribution in [2.45, 2.75) is 38.7 Å². The number of carbonyl (C=O) groups is 1. The molecule has 0 aliphatic rings. The van der Waals surface area contributed by atoms with E-state index in [-0.39, 0.29) is 34.7 Å². The zero-order chi connectivity index (χ0) is 33.2. The number of hydrogen-bond donors (Lipinski definition) is 1. The van der Waals surface area contributed by atoms with E-state index in [1.165, 1.54) is 30.3 Å². The number of benzene rings is 3. The molecule has 0 unspecified atom stereocenters. The highest BCUT2D eigenvalue weighted by Gasteiger charge is 2.37. The summed E-state index contributed by atoms with van der Waals surface area (Å²) in [5.74, 6) is -1.35. The number of carboxylic acid groups (broad SMARTS) is 1. The van der Waals surface area contributed by atoms with Crippen molar-refractivity contribution in [2.24, 2.45) is 0 Å². The molecule has 0 aliphatic heterocycles. The monoisotopic (exact) mass is 665 g/mol. The van der Waals surface area contributed by atoms with E-state index in [2.05, 4.69) is 4.98 Å². The van der Waals surface area contributed by atoms with Crippen LogP contribution < -0.4 is 14.2 Å². The van der Waals surface area contributed by atoms with Crippen LogP contribution in [0.15, 0.2) is 60.7 Å². The highest BCUT2D eigenvalue weighted by molar-refractivity contribution is 7.15. The Bertz CT molecular complexity index is 1630. The fourth-order valence-electron chi connectivity index (χ4n) is 3.86. The van der Waals surface area contributed by atoms with Gasteiger partial charge in [0.25, 0.3) is 0 Å². The molecule has 0 fully saturated rings. The maximum Gasteiger partial charge on any atom is 0.416 e. The summed E-state index contributed by atoms with van der Waals surface area (Å²) in [4.78, 5) is 15.4. The zero-order valence-corrected chi connectivity index (χ0v) is 23.5. The first-order valence-electron chi connectivity index (χ1n) is 12.6. The molecule has 1 heterocycles. The molecular formula is C29H20F9NO5S. The summed E-state index contributed by atoms with van der Waals surface area (Å²) in [6.45, 7) is 0.231. The van der Waals surface area contributed by atoms with Crippen LogP contribution in [0.1, 0.15) is 32.8 Å². The molecule has 0 bridgehead atoms. The molecule has 0 radical (unpaired) electrons. The van der Waals surface area contributed by atoms with Crippen LogP contribution in [-0.4, -0.2) is 22.7 Å². The summed E-state index contributed by atoms with van der Waals surface area (Å²) in [6, 6.07) is 9.24. The maximum absolute atomic E-state index is 13.3. The predicted molar refractivity (Wildman–Crippen MR) is 142 cm³/mol. The second-order valence-corrected chi connectivity index (χ2v) is 10.5. The van der Waals surface area contributed by atoms with Crippen LogP contribution in [0.3, 0.4) is 0 Å². The van der Waals surface area contributed by atoms with Gasteiger partial charge in [-0.15, -0.1) is 11.3 Å². The predicted octanol–water partition coefficient (Wildman–Crippen LogP) is 8.80. The van der Waals surface area contributed by atoms with Gasteiger partial charge in [0, 0.05) is 5.56 Å². The molecule has 6 nitrogen and oxygen atoms in total. The largest absolute Gasteiger partial charge is 0.488 e. The number of halogens is 9. The molecule has 16 heteroatoms. The third-order valence-electron chi connectivity index (χ3n) is 6.04. The summed E-state index contributed by atoms with van der Waals surface area (Å²) in [5.41, 5.74) is -3.23.